The predicted octanol–water partition coefficient (Wildman–Crippen LogP) is 5.40. The molecule has 2 rings (SSSR count). The van der Waals surface area contributed by atoms with Gasteiger partial charge in [0.15, 0.2) is 0 Å². The lowest BCUT2D eigenvalue weighted by Crippen LogP contribution is -2.46. The highest BCUT2D eigenvalue weighted by atomic mass is 15.1. The van der Waals surface area contributed by atoms with E-state index in [0.717, 1.165) is 19.6 Å². The van der Waals surface area contributed by atoms with Crippen molar-refractivity contribution in [1.29, 1.82) is 0 Å². The summed E-state index contributed by atoms with van der Waals surface area (Å²) < 4.78 is 0. The summed E-state index contributed by atoms with van der Waals surface area (Å²) in [5.74, 6) is 0.985. The molecule has 0 radical (unpaired) electrons. The maximum atomic E-state index is 2.85. The molecule has 0 aromatic carbocycles. The van der Waals surface area contributed by atoms with Crippen molar-refractivity contribution in [3.8, 4) is 0 Å². The average Bonchev–Trinajstić information content (AvgIpc) is 2.59. The van der Waals surface area contributed by atoms with Crippen molar-refractivity contribution in [1.82, 2.24) is 9.62 Å². The van der Waals surface area contributed by atoms with E-state index >= 15 is 0 Å². The minimum absolute atomic E-state index is 0.889. The number of rotatable bonds is 10. The van der Waals surface area contributed by atoms with Gasteiger partial charge in [0, 0.05) is 0 Å². The maximum Gasteiger partial charge on any atom is 0.223 e. The first-order valence-electron chi connectivity index (χ1n) is 11.2. The van der Waals surface area contributed by atoms with Crippen LogP contribution in [0.15, 0.2) is 0 Å². The minimum atomic E-state index is 0.889. The average molecular weight is 332 g/mol. The third-order valence-electron chi connectivity index (χ3n) is 6.64. The van der Waals surface area contributed by atoms with Crippen molar-refractivity contribution < 1.29 is 0 Å². The number of hydrogen-bond acceptors (Lipinski definition) is 2. The van der Waals surface area contributed by atoms with Gasteiger partial charge in [0.2, 0.25) is 13.7 Å². The summed E-state index contributed by atoms with van der Waals surface area (Å²) >= 11 is 0. The molecule has 0 aromatic heterocycles. The largest absolute Gasteiger partial charge is 0.345 e. The molecule has 0 aliphatic carbocycles. The Hall–Kier alpha value is 0.0499. The third-order valence-corrected chi connectivity index (χ3v) is 6.64. The van der Waals surface area contributed by atoms with E-state index in [1.165, 1.54) is 103 Å². The number of hydrogen-bond donors (Lipinski definition) is 0. The van der Waals surface area contributed by atoms with Crippen molar-refractivity contribution in [3.63, 3.8) is 0 Å². The highest BCUT2D eigenvalue weighted by Gasteiger charge is 2.30. The van der Waals surface area contributed by atoms with E-state index < -0.39 is 0 Å². The summed E-state index contributed by atoms with van der Waals surface area (Å²) in [6.07, 6.45) is 18.7. The van der Waals surface area contributed by atoms with Gasteiger partial charge in [-0.1, -0.05) is 77.7 Å². The molecule has 2 nitrogen and oxygen atoms in total. The summed E-state index contributed by atoms with van der Waals surface area (Å²) in [7, 11) is 2.34. The number of unbranched alkanes of at least 4 members (excludes halogenated alkanes) is 2. The van der Waals surface area contributed by atoms with Crippen LogP contribution in [0.2, 0.25) is 25.3 Å². The van der Waals surface area contributed by atoms with Gasteiger partial charge < -0.3 is 9.62 Å². The van der Waals surface area contributed by atoms with Gasteiger partial charge in [-0.2, -0.15) is 0 Å². The van der Waals surface area contributed by atoms with E-state index in [1.807, 2.05) is 0 Å². The summed E-state index contributed by atoms with van der Waals surface area (Å²) in [4.78, 5) is 5.46. The van der Waals surface area contributed by atoms with Crippen molar-refractivity contribution in [2.24, 2.45) is 5.92 Å². The quantitative estimate of drug-likeness (QED) is 0.390. The fraction of sp³-hybridized carbons (Fsp3) is 1.00. The lowest BCUT2D eigenvalue weighted by atomic mass is 9.49. The molecule has 1 atom stereocenters. The van der Waals surface area contributed by atoms with Crippen LogP contribution < -0.4 is 0 Å². The molecule has 24 heavy (non-hydrogen) atoms. The monoisotopic (exact) mass is 332 g/mol. The van der Waals surface area contributed by atoms with E-state index in [4.69, 9.17) is 0 Å². The molecular weight excluding hydrogens is 290 g/mol. The van der Waals surface area contributed by atoms with Gasteiger partial charge in [0.25, 0.3) is 0 Å². The van der Waals surface area contributed by atoms with Crippen LogP contribution in [-0.4, -0.2) is 50.0 Å². The van der Waals surface area contributed by atoms with Crippen LogP contribution in [0.4, 0.5) is 0 Å². The van der Waals surface area contributed by atoms with E-state index in [2.05, 4.69) is 30.5 Å². The minimum Gasteiger partial charge on any atom is -0.345 e. The second-order valence-electron chi connectivity index (χ2n) is 8.65. The molecule has 2 aliphatic rings. The van der Waals surface area contributed by atoms with Gasteiger partial charge >= 0.3 is 0 Å². The van der Waals surface area contributed by atoms with Gasteiger partial charge in [-0.3, -0.25) is 0 Å². The molecule has 2 aliphatic heterocycles. The summed E-state index contributed by atoms with van der Waals surface area (Å²) in [5, 5.41) is 0. The first kappa shape index (κ1) is 20.4. The first-order chi connectivity index (χ1) is 11.7. The summed E-state index contributed by atoms with van der Waals surface area (Å²) in [5.41, 5.74) is 0. The van der Waals surface area contributed by atoms with Crippen molar-refractivity contribution in [3.05, 3.63) is 0 Å². The van der Waals surface area contributed by atoms with Crippen LogP contribution >= 0.6 is 0 Å². The summed E-state index contributed by atoms with van der Waals surface area (Å²) in [6, 6.07) is 0. The highest BCUT2D eigenvalue weighted by Crippen LogP contribution is 2.28. The SMILES string of the molecule is CCCCB1CCC(CCCCB2CCCCN2C)CN1CCC. The van der Waals surface area contributed by atoms with Crippen LogP contribution in [0.3, 0.4) is 0 Å². The van der Waals surface area contributed by atoms with Crippen LogP contribution in [0, 0.1) is 5.92 Å². The van der Waals surface area contributed by atoms with Gasteiger partial charge in [-0.05, 0) is 51.9 Å². The zero-order valence-electron chi connectivity index (χ0n) is 16.9. The fourth-order valence-corrected chi connectivity index (χ4v) is 5.07. The van der Waals surface area contributed by atoms with E-state index in [1.54, 1.807) is 0 Å². The first-order valence-corrected chi connectivity index (χ1v) is 11.2. The Balaban J connectivity index is 1.64. The Bertz CT molecular complexity index is 327. The lowest BCUT2D eigenvalue weighted by Gasteiger charge is -2.38. The van der Waals surface area contributed by atoms with Crippen LogP contribution in [0.1, 0.15) is 71.6 Å². The molecule has 1 unspecified atom stereocenters. The van der Waals surface area contributed by atoms with Crippen molar-refractivity contribution >= 4 is 13.7 Å². The van der Waals surface area contributed by atoms with Crippen molar-refractivity contribution in [2.45, 2.75) is 96.9 Å². The summed E-state index contributed by atoms with van der Waals surface area (Å²) in [6.45, 7) is 10.5. The molecule has 2 saturated heterocycles. The second kappa shape index (κ2) is 11.6. The predicted molar refractivity (Wildman–Crippen MR) is 111 cm³/mol. The standard InChI is InChI=1S/C20H42B2N2/c1-4-6-13-22-16-12-20(19-24(22)17-5-2)11-7-8-14-21-15-9-10-18-23(21)3/h20H,4-19H2,1-3H3. The Kier molecular flexibility index (Phi) is 9.86. The van der Waals surface area contributed by atoms with Crippen LogP contribution in [-0.2, 0) is 0 Å². The fourth-order valence-electron chi connectivity index (χ4n) is 5.07. The molecule has 0 amide bonds. The lowest BCUT2D eigenvalue weighted by molar-refractivity contribution is 0.291. The Labute approximate surface area is 153 Å². The molecule has 138 valence electrons. The van der Waals surface area contributed by atoms with Gasteiger partial charge in [0.1, 0.15) is 0 Å². The van der Waals surface area contributed by atoms with Crippen molar-refractivity contribution in [2.75, 3.05) is 26.7 Å². The Morgan fingerprint density at radius 1 is 0.917 bits per heavy atom. The molecular formula is C20H42B2N2. The normalized spacial score (nSPS) is 23.9. The molecule has 2 heterocycles. The third kappa shape index (κ3) is 6.75. The van der Waals surface area contributed by atoms with Crippen LogP contribution in [0.25, 0.3) is 0 Å². The van der Waals surface area contributed by atoms with Gasteiger partial charge in [-0.25, -0.2) is 0 Å². The van der Waals surface area contributed by atoms with Crippen LogP contribution in [0.5, 0.6) is 0 Å². The second-order valence-corrected chi connectivity index (χ2v) is 8.65. The maximum absolute atomic E-state index is 2.85. The zero-order chi connectivity index (χ0) is 17.2. The molecule has 4 heteroatoms. The molecule has 0 aromatic rings. The van der Waals surface area contributed by atoms with E-state index in [0.29, 0.717) is 0 Å². The van der Waals surface area contributed by atoms with Gasteiger partial charge in [-0.15, -0.1) is 0 Å². The Morgan fingerprint density at radius 2 is 1.75 bits per heavy atom. The molecule has 0 N–H and O–H groups in total. The highest BCUT2D eigenvalue weighted by molar-refractivity contribution is 6.56. The van der Waals surface area contributed by atoms with Gasteiger partial charge in [0.05, 0.1) is 0 Å². The Morgan fingerprint density at radius 3 is 2.50 bits per heavy atom. The zero-order valence-corrected chi connectivity index (χ0v) is 16.9. The smallest absolute Gasteiger partial charge is 0.223 e. The molecule has 0 saturated carbocycles. The topological polar surface area (TPSA) is 6.48 Å². The van der Waals surface area contributed by atoms with E-state index in [-0.39, 0.29) is 0 Å². The molecule has 0 spiro atoms. The van der Waals surface area contributed by atoms with E-state index in [9.17, 15) is 0 Å². The number of nitrogens with zero attached hydrogens (tertiary/aromatic N) is 2. The molecule has 2 fully saturated rings. The molecule has 0 bridgehead atoms.